The number of hydrogen-bond acceptors (Lipinski definition) is 5. The molecule has 11 heteroatoms. The van der Waals surface area contributed by atoms with Crippen LogP contribution in [0.25, 0.3) is 5.69 Å². The van der Waals surface area contributed by atoms with Gasteiger partial charge in [0.25, 0.3) is 11.5 Å². The summed E-state index contributed by atoms with van der Waals surface area (Å²) in [4.78, 5) is 40.7. The molecular weight excluding hydrogens is 441 g/mol. The largest absolute Gasteiger partial charge is 0.416 e. The van der Waals surface area contributed by atoms with Gasteiger partial charge in [-0.15, -0.1) is 0 Å². The number of nitrogens with zero attached hydrogens (tertiary/aromatic N) is 4. The van der Waals surface area contributed by atoms with Crippen LogP contribution in [0.3, 0.4) is 0 Å². The van der Waals surface area contributed by atoms with Crippen LogP contribution in [0.4, 0.5) is 13.2 Å². The molecule has 172 valence electrons. The quantitative estimate of drug-likeness (QED) is 0.594. The minimum Gasteiger partial charge on any atom is -0.378 e. The van der Waals surface area contributed by atoms with Crippen LogP contribution in [0.5, 0.6) is 0 Å². The molecule has 33 heavy (non-hydrogen) atoms. The van der Waals surface area contributed by atoms with Crippen LogP contribution < -0.4 is 11.2 Å². The third-order valence-corrected chi connectivity index (χ3v) is 5.18. The summed E-state index contributed by atoms with van der Waals surface area (Å²) in [6.07, 6.45) is -4.56. The molecule has 1 fully saturated rings. The standard InChI is InChI=1S/C22H19F3N4O4/c23-22(24,25)16-6-8-17(9-7-16)29-21(32)28(14-15-4-2-1-3-5-15)20(31)18(26-29)19(30)27-10-12-33-13-11-27/h1-9H,10-14H2. The zero-order chi connectivity index (χ0) is 23.6. The van der Waals surface area contributed by atoms with Crippen LogP contribution in [-0.4, -0.2) is 51.5 Å². The fourth-order valence-corrected chi connectivity index (χ4v) is 3.43. The Morgan fingerprint density at radius 3 is 2.21 bits per heavy atom. The lowest BCUT2D eigenvalue weighted by Gasteiger charge is -2.26. The van der Waals surface area contributed by atoms with Gasteiger partial charge in [-0.25, -0.2) is 4.79 Å². The number of amides is 1. The third-order valence-electron chi connectivity index (χ3n) is 5.18. The number of hydrogen-bond donors (Lipinski definition) is 0. The fourth-order valence-electron chi connectivity index (χ4n) is 3.43. The number of carbonyl (C=O) groups excluding carboxylic acids is 1. The molecule has 0 radical (unpaired) electrons. The summed E-state index contributed by atoms with van der Waals surface area (Å²) < 4.78 is 45.7. The van der Waals surface area contributed by atoms with Gasteiger partial charge >= 0.3 is 11.9 Å². The van der Waals surface area contributed by atoms with Crippen LogP contribution in [0, 0.1) is 0 Å². The zero-order valence-corrected chi connectivity index (χ0v) is 17.3. The molecule has 1 aliphatic rings. The number of morpholine rings is 1. The maximum Gasteiger partial charge on any atom is 0.416 e. The van der Waals surface area contributed by atoms with Crippen LogP contribution >= 0.6 is 0 Å². The monoisotopic (exact) mass is 460 g/mol. The molecule has 8 nitrogen and oxygen atoms in total. The van der Waals surface area contributed by atoms with E-state index in [2.05, 4.69) is 5.10 Å². The number of carbonyl (C=O) groups is 1. The van der Waals surface area contributed by atoms with E-state index >= 15 is 0 Å². The Kier molecular flexibility index (Phi) is 6.14. The Labute approximate surface area is 185 Å². The third kappa shape index (κ3) is 4.72. The normalized spacial score (nSPS) is 14.3. The van der Waals surface area contributed by atoms with Crippen LogP contribution in [0.1, 0.15) is 21.6 Å². The fraction of sp³-hybridized carbons (Fsp3) is 0.273. The van der Waals surface area contributed by atoms with Crippen LogP contribution in [0.15, 0.2) is 64.2 Å². The minimum absolute atomic E-state index is 0.00848. The number of halogens is 3. The lowest BCUT2D eigenvalue weighted by atomic mass is 10.2. The molecule has 0 unspecified atom stereocenters. The molecule has 2 heterocycles. The van der Waals surface area contributed by atoms with Crippen molar-refractivity contribution in [3.05, 3.63) is 92.3 Å². The molecule has 1 amide bonds. The molecule has 1 aliphatic heterocycles. The first kappa shape index (κ1) is 22.5. The lowest BCUT2D eigenvalue weighted by molar-refractivity contribution is -0.137. The Balaban J connectivity index is 1.85. The van der Waals surface area contributed by atoms with Crippen LogP contribution in [-0.2, 0) is 17.5 Å². The second kappa shape index (κ2) is 9.02. The highest BCUT2D eigenvalue weighted by atomic mass is 19.4. The van der Waals surface area contributed by atoms with Gasteiger partial charge in [0.15, 0.2) is 0 Å². The summed E-state index contributed by atoms with van der Waals surface area (Å²) in [6.45, 7) is 0.951. The SMILES string of the molecule is O=C(c1nn(-c2ccc(C(F)(F)F)cc2)c(=O)n(Cc2ccccc2)c1=O)N1CCOCC1. The van der Waals surface area contributed by atoms with Gasteiger partial charge in [-0.2, -0.15) is 23.0 Å². The van der Waals surface area contributed by atoms with E-state index in [1.165, 1.54) is 4.90 Å². The van der Waals surface area contributed by atoms with E-state index in [9.17, 15) is 27.6 Å². The number of benzene rings is 2. The summed E-state index contributed by atoms with van der Waals surface area (Å²) in [5.41, 5.74) is -2.52. The van der Waals surface area contributed by atoms with Crippen molar-refractivity contribution in [3.63, 3.8) is 0 Å². The average molecular weight is 460 g/mol. The molecule has 4 rings (SSSR count). The van der Waals surface area contributed by atoms with Crippen molar-refractivity contribution in [2.75, 3.05) is 26.3 Å². The molecule has 3 aromatic rings. The molecule has 1 aromatic heterocycles. The summed E-state index contributed by atoms with van der Waals surface area (Å²) in [5, 5.41) is 3.97. The van der Waals surface area contributed by atoms with Crippen molar-refractivity contribution in [1.29, 1.82) is 0 Å². The molecule has 0 N–H and O–H groups in total. The van der Waals surface area contributed by atoms with E-state index in [0.717, 1.165) is 33.5 Å². The molecule has 0 saturated carbocycles. The molecule has 1 saturated heterocycles. The summed E-state index contributed by atoms with van der Waals surface area (Å²) in [5.74, 6) is -0.675. The van der Waals surface area contributed by atoms with Gasteiger partial charge in [0.05, 0.1) is 31.0 Å². The van der Waals surface area contributed by atoms with Crippen molar-refractivity contribution in [3.8, 4) is 5.69 Å². The van der Waals surface area contributed by atoms with Crippen molar-refractivity contribution in [2.24, 2.45) is 0 Å². The van der Waals surface area contributed by atoms with E-state index in [1.807, 2.05) is 0 Å². The van der Waals surface area contributed by atoms with E-state index in [1.54, 1.807) is 30.3 Å². The Bertz CT molecular complexity index is 1260. The number of alkyl halides is 3. The van der Waals surface area contributed by atoms with E-state index in [0.29, 0.717) is 18.8 Å². The summed E-state index contributed by atoms with van der Waals surface area (Å²) in [7, 11) is 0. The first-order valence-electron chi connectivity index (χ1n) is 10.1. The van der Waals surface area contributed by atoms with Crippen molar-refractivity contribution >= 4 is 5.91 Å². The van der Waals surface area contributed by atoms with Crippen molar-refractivity contribution in [2.45, 2.75) is 12.7 Å². The van der Waals surface area contributed by atoms with E-state index in [4.69, 9.17) is 4.74 Å². The number of rotatable bonds is 4. The smallest absolute Gasteiger partial charge is 0.378 e. The topological polar surface area (TPSA) is 86.4 Å². The van der Waals surface area contributed by atoms with Gasteiger partial charge in [0, 0.05) is 13.1 Å². The average Bonchev–Trinajstić information content (AvgIpc) is 2.82. The maximum absolute atomic E-state index is 13.1. The maximum atomic E-state index is 13.1. The molecule has 0 bridgehead atoms. The van der Waals surface area contributed by atoms with Crippen molar-refractivity contribution in [1.82, 2.24) is 19.2 Å². The number of aromatic nitrogens is 3. The van der Waals surface area contributed by atoms with Gasteiger partial charge in [-0.05, 0) is 29.8 Å². The predicted octanol–water partition coefficient (Wildman–Crippen LogP) is 1.93. The lowest BCUT2D eigenvalue weighted by Crippen LogP contribution is -2.48. The molecule has 0 atom stereocenters. The molecular formula is C22H19F3N4O4. The van der Waals surface area contributed by atoms with E-state index < -0.39 is 34.6 Å². The van der Waals surface area contributed by atoms with Gasteiger partial charge < -0.3 is 9.64 Å². The first-order valence-corrected chi connectivity index (χ1v) is 10.1. The molecule has 0 aliphatic carbocycles. The second-order valence-electron chi connectivity index (χ2n) is 7.37. The highest BCUT2D eigenvalue weighted by molar-refractivity contribution is 5.91. The second-order valence-corrected chi connectivity index (χ2v) is 7.37. The van der Waals surface area contributed by atoms with E-state index in [-0.39, 0.29) is 25.3 Å². The highest BCUT2D eigenvalue weighted by Gasteiger charge is 2.30. The molecule has 2 aromatic carbocycles. The Hall–Kier alpha value is -3.73. The zero-order valence-electron chi connectivity index (χ0n) is 17.3. The van der Waals surface area contributed by atoms with Crippen molar-refractivity contribution < 1.29 is 22.7 Å². The van der Waals surface area contributed by atoms with Crippen LogP contribution in [0.2, 0.25) is 0 Å². The Morgan fingerprint density at radius 2 is 1.61 bits per heavy atom. The van der Waals surface area contributed by atoms with Gasteiger partial charge in [-0.1, -0.05) is 30.3 Å². The first-order chi connectivity index (χ1) is 15.8. The van der Waals surface area contributed by atoms with Gasteiger partial charge in [-0.3, -0.25) is 14.2 Å². The Morgan fingerprint density at radius 1 is 0.970 bits per heavy atom. The highest BCUT2D eigenvalue weighted by Crippen LogP contribution is 2.29. The van der Waals surface area contributed by atoms with Gasteiger partial charge in [0.1, 0.15) is 0 Å². The van der Waals surface area contributed by atoms with Gasteiger partial charge in [0.2, 0.25) is 5.69 Å². The number of ether oxygens (including phenoxy) is 1. The summed E-state index contributed by atoms with van der Waals surface area (Å²) in [6, 6.07) is 12.4. The minimum atomic E-state index is -4.56. The predicted molar refractivity (Wildman–Crippen MR) is 111 cm³/mol. The summed E-state index contributed by atoms with van der Waals surface area (Å²) >= 11 is 0. The molecule has 0 spiro atoms.